The van der Waals surface area contributed by atoms with Crippen LogP contribution in [0.2, 0.25) is 0 Å². The van der Waals surface area contributed by atoms with Crippen molar-refractivity contribution < 1.29 is 63.0 Å². The predicted molar refractivity (Wildman–Crippen MR) is 356 cm³/mol. The molecule has 3 aromatic heterocycles. The first-order valence-electron chi connectivity index (χ1n) is 32.4. The van der Waals surface area contributed by atoms with Crippen molar-refractivity contribution in [2.45, 2.75) is 146 Å². The van der Waals surface area contributed by atoms with Crippen LogP contribution in [0.25, 0.3) is 21.8 Å². The highest BCUT2D eigenvalue weighted by Crippen LogP contribution is 2.24. The van der Waals surface area contributed by atoms with E-state index < -0.39 is 120 Å². The molecule has 6 aromatic rings. The average Bonchev–Trinajstić information content (AvgIpc) is 1.78. The van der Waals surface area contributed by atoms with E-state index in [-0.39, 0.29) is 107 Å². The number of aromatic nitrogens is 4. The molecule has 0 spiro atoms. The summed E-state index contributed by atoms with van der Waals surface area (Å²) in [6.45, 7) is 4.59. The van der Waals surface area contributed by atoms with E-state index in [2.05, 4.69) is 78.1 Å². The van der Waals surface area contributed by atoms with Gasteiger partial charge in [-0.15, -0.1) is 0 Å². The van der Waals surface area contributed by atoms with Crippen molar-refractivity contribution in [1.82, 2.24) is 78.0 Å². The maximum absolute atomic E-state index is 15.1. The fourth-order valence-corrected chi connectivity index (χ4v) is 11.8. The van der Waals surface area contributed by atoms with Gasteiger partial charge < -0.3 is 94.7 Å². The Morgan fingerprint density at radius 1 is 0.649 bits per heavy atom. The number of nitrogens with zero attached hydrogens (tertiary/aromatic N) is 3. The molecular weight excluding hydrogens is 1250 g/mol. The minimum Gasteiger partial charge on any atom is -0.508 e. The number of phenols is 1. The Labute approximate surface area is 558 Å². The number of guanidine groups is 1. The van der Waals surface area contributed by atoms with Gasteiger partial charge in [0.2, 0.25) is 65.0 Å². The highest BCUT2D eigenvalue weighted by Gasteiger charge is 2.40. The number of benzene rings is 3. The minimum absolute atomic E-state index is 0.00248. The number of aromatic hydroxyl groups is 1. The molecule has 2 fully saturated rings. The monoisotopic (exact) mass is 1340 g/mol. The first-order chi connectivity index (χ1) is 46.6. The number of carbonyl (C=O) groups is 11. The predicted octanol–water partition coefficient (Wildman–Crippen LogP) is -1.64. The Balaban J connectivity index is 1.05. The second-order valence-electron chi connectivity index (χ2n) is 24.5. The van der Waals surface area contributed by atoms with Crippen LogP contribution in [0, 0.1) is 5.92 Å². The van der Waals surface area contributed by atoms with E-state index in [9.17, 15) is 53.4 Å². The number of nitrogens with two attached hydrogens (primary N) is 2. The van der Waals surface area contributed by atoms with Crippen molar-refractivity contribution >= 4 is 92.7 Å². The number of aromatic amines is 3. The number of phenolic OH excluding ortho intramolecular Hbond substituents is 1. The first-order valence-corrected chi connectivity index (χ1v) is 32.4. The Hall–Kier alpha value is -10.9. The number of carbonyl (C=O) groups excluding carboxylic acids is 11. The van der Waals surface area contributed by atoms with Gasteiger partial charge >= 0.3 is 0 Å². The highest BCUT2D eigenvalue weighted by molar-refractivity contribution is 6.00. The standard InChI is InChI=1S/C66H86N18O13/c1-4-70-56(88)33-74-64(96)54-16-10-24-84(54)65(97)47(15-9-23-71-66(67)68)77-58(90)48(25-36(2)3)78-60(92)50(27-38-30-72-44-13-7-5-11-42(38)44)80-59(91)49(26-37-17-19-41(86)20-18-37)79-63(95)53(34-85)83-61(93)51(28-39-31-73-45-14-8-6-12-43(39)45)81-62(94)52(29-40-32-69-35-75-40)82-57(89)46-21-22-55(87)76-46/h5-8,11-14,17-20,30-32,35-36,46-54,72-73,85-86H,4,9-10,15-16,21-29,33-34H2,1-3H3,(H,69,75)(H,70,88)(H,74,96)(H,76,87)(H,77,90)(H,78,92)(H,79,95)(H,80,91)(H,81,94)(H,82,89)(H,83,93)(H4,67,68,71)/t46-,47-,48-,49-,50+,51-,52-,53-,54-/m0/s1. The van der Waals surface area contributed by atoms with Crippen molar-refractivity contribution in [3.63, 3.8) is 0 Å². The summed E-state index contributed by atoms with van der Waals surface area (Å²) < 4.78 is 0. The first kappa shape index (κ1) is 72.0. The Morgan fingerprint density at radius 2 is 1.20 bits per heavy atom. The maximum atomic E-state index is 15.1. The smallest absolute Gasteiger partial charge is 0.245 e. The molecule has 2 saturated heterocycles. The van der Waals surface area contributed by atoms with Crippen molar-refractivity contribution in [3.05, 3.63) is 120 Å². The number of para-hydroxylation sites is 2. The van der Waals surface area contributed by atoms with Crippen LogP contribution in [0.4, 0.5) is 0 Å². The minimum atomic E-state index is -1.80. The summed E-state index contributed by atoms with van der Waals surface area (Å²) in [7, 11) is 0. The van der Waals surface area contributed by atoms with Crippen LogP contribution in [0.15, 0.2) is 103 Å². The molecule has 11 amide bonds. The van der Waals surface area contributed by atoms with Crippen LogP contribution >= 0.6 is 0 Å². The molecule has 2 aliphatic heterocycles. The fourth-order valence-electron chi connectivity index (χ4n) is 11.8. The SMILES string of the molecule is CCNC(=O)CNC(=O)[C@@H]1CCCN1C(=O)[C@H](CCCN=C(N)N)NC(=O)[C@H](CC(C)C)NC(=O)[C@@H](Cc1c[nH]c2ccccc12)NC(=O)[C@H](Cc1ccc(O)cc1)NC(=O)[C@H](CO)NC(=O)[C@H](Cc1c[nH]c2ccccc12)NC(=O)[C@H](Cc1cnc[nH]1)NC(=O)[C@@H]1CCC(=O)N1. The van der Waals surface area contributed by atoms with E-state index in [1.165, 1.54) is 41.7 Å². The second kappa shape index (κ2) is 34.5. The van der Waals surface area contributed by atoms with Crippen LogP contribution in [-0.4, -0.2) is 193 Å². The summed E-state index contributed by atoms with van der Waals surface area (Å²) in [6.07, 6.45) is 6.61. The van der Waals surface area contributed by atoms with E-state index in [0.29, 0.717) is 57.2 Å². The number of fused-ring (bicyclic) bond motifs is 2. The van der Waals surface area contributed by atoms with Gasteiger partial charge in [0, 0.05) is 97.8 Å². The van der Waals surface area contributed by atoms with E-state index in [4.69, 9.17) is 11.5 Å². The molecule has 0 unspecified atom stereocenters. The molecule has 0 saturated carbocycles. The molecule has 5 heterocycles. The molecule has 0 aliphatic carbocycles. The molecule has 0 radical (unpaired) electrons. The number of likely N-dealkylation sites (tertiary alicyclic amines) is 1. The van der Waals surface area contributed by atoms with E-state index in [1.54, 1.807) is 61.8 Å². The number of aliphatic hydroxyl groups is 1. The molecule has 8 rings (SSSR count). The summed E-state index contributed by atoms with van der Waals surface area (Å²) in [4.78, 5) is 173. The summed E-state index contributed by atoms with van der Waals surface area (Å²) >= 11 is 0. The van der Waals surface area contributed by atoms with Crippen molar-refractivity contribution in [3.8, 4) is 5.75 Å². The lowest BCUT2D eigenvalue weighted by Gasteiger charge is -2.30. The summed E-state index contributed by atoms with van der Waals surface area (Å²) in [5, 5.41) is 49.4. The van der Waals surface area contributed by atoms with Crippen LogP contribution in [0.1, 0.15) is 88.1 Å². The van der Waals surface area contributed by atoms with Crippen molar-refractivity contribution in [1.29, 1.82) is 0 Å². The molecule has 9 atom stereocenters. The summed E-state index contributed by atoms with van der Waals surface area (Å²) in [5.74, 6) is -8.54. The van der Waals surface area contributed by atoms with Gasteiger partial charge in [0.05, 0.1) is 19.5 Å². The van der Waals surface area contributed by atoms with Crippen molar-refractivity contribution in [2.75, 3.05) is 32.8 Å². The van der Waals surface area contributed by atoms with Gasteiger partial charge in [-0.1, -0.05) is 62.4 Å². The number of aliphatic imine (C=N–C) groups is 1. The number of amides is 11. The lowest BCUT2D eigenvalue weighted by atomic mass is 9.99. The number of hydrogen-bond acceptors (Lipinski definition) is 15. The number of nitrogens with one attached hydrogen (secondary N) is 13. The Morgan fingerprint density at radius 3 is 1.74 bits per heavy atom. The molecule has 2 aliphatic rings. The molecular formula is C66H86N18O13. The van der Waals surface area contributed by atoms with Gasteiger partial charge in [0.15, 0.2) is 5.96 Å². The third kappa shape index (κ3) is 20.3. The van der Waals surface area contributed by atoms with Crippen molar-refractivity contribution in [2.24, 2.45) is 22.4 Å². The van der Waals surface area contributed by atoms with Gasteiger partial charge in [-0.3, -0.25) is 57.7 Å². The molecule has 31 heteroatoms. The second-order valence-corrected chi connectivity index (χ2v) is 24.5. The zero-order chi connectivity index (χ0) is 69.7. The Bertz CT molecular complexity index is 3790. The maximum Gasteiger partial charge on any atom is 0.245 e. The van der Waals surface area contributed by atoms with Crippen LogP contribution in [-0.2, 0) is 78.4 Å². The lowest BCUT2D eigenvalue weighted by molar-refractivity contribution is -0.142. The number of rotatable bonds is 34. The van der Waals surface area contributed by atoms with E-state index in [1.807, 2.05) is 19.9 Å². The third-order valence-electron chi connectivity index (χ3n) is 16.7. The van der Waals surface area contributed by atoms with Crippen LogP contribution in [0.5, 0.6) is 5.75 Å². The quantitative estimate of drug-likeness (QED) is 0.0122. The van der Waals surface area contributed by atoms with Crippen LogP contribution < -0.4 is 64.6 Å². The third-order valence-corrected chi connectivity index (χ3v) is 16.7. The van der Waals surface area contributed by atoms with Gasteiger partial charge in [0.25, 0.3) is 0 Å². The van der Waals surface area contributed by atoms with E-state index in [0.717, 1.165) is 0 Å². The van der Waals surface area contributed by atoms with E-state index >= 15 is 9.59 Å². The average molecular weight is 1340 g/mol. The molecule has 31 nitrogen and oxygen atoms in total. The lowest BCUT2D eigenvalue weighted by Crippen LogP contribution is -2.61. The van der Waals surface area contributed by atoms with Gasteiger partial charge in [0.1, 0.15) is 60.1 Å². The molecule has 0 bridgehead atoms. The molecule has 518 valence electrons. The zero-order valence-corrected chi connectivity index (χ0v) is 54.2. The number of hydrogen-bond donors (Lipinski definition) is 17. The molecule has 19 N–H and O–H groups in total. The summed E-state index contributed by atoms with van der Waals surface area (Å²) in [5.41, 5.74) is 14.6. The van der Waals surface area contributed by atoms with Gasteiger partial charge in [-0.2, -0.15) is 0 Å². The van der Waals surface area contributed by atoms with Crippen LogP contribution in [0.3, 0.4) is 0 Å². The molecule has 97 heavy (non-hydrogen) atoms. The largest absolute Gasteiger partial charge is 0.508 e. The fraction of sp³-hybridized carbons (Fsp3) is 0.439. The number of likely N-dealkylation sites (N-methyl/N-ethyl adjacent to an activating group) is 1. The van der Waals surface area contributed by atoms with Gasteiger partial charge in [-0.25, -0.2) is 4.98 Å². The zero-order valence-electron chi connectivity index (χ0n) is 54.2. The molecule has 3 aromatic carbocycles. The van der Waals surface area contributed by atoms with Gasteiger partial charge in [-0.05, 0) is 92.3 Å². The Kier molecular flexibility index (Phi) is 25.6. The topological polar surface area (TPSA) is 476 Å². The number of imidazole rings is 1. The normalized spacial score (nSPS) is 16.5. The number of aliphatic hydroxyl groups excluding tert-OH is 1. The number of H-pyrrole nitrogens is 3. The highest BCUT2D eigenvalue weighted by atomic mass is 16.3. The summed E-state index contributed by atoms with van der Waals surface area (Å²) in [6, 6.07) is 7.88.